The minimum Gasteiger partial charge on any atom is -0.399 e. The molecule has 5 rings (SSSR count). The standard InChI is InChI=1S/C32H33FN4O3S/c1-2-3-4-5-6-31-29(21-7-13-28-22(17-21)15-16-35-32(28)38)18-23(20-36-31)27-14-12-26(19-30(27)33)41(39,40)37-25-10-8-24(34)9-11-25/h7-14,17-20,37H,2-6,15-16,34H2,1H3,(H,35,38). The van der Waals surface area contributed by atoms with Crippen LogP contribution >= 0.6 is 0 Å². The lowest BCUT2D eigenvalue weighted by Crippen LogP contribution is -2.31. The van der Waals surface area contributed by atoms with E-state index in [2.05, 4.69) is 17.0 Å². The molecule has 0 bridgehead atoms. The maximum Gasteiger partial charge on any atom is 0.261 e. The number of pyridine rings is 1. The van der Waals surface area contributed by atoms with Gasteiger partial charge < -0.3 is 11.1 Å². The smallest absolute Gasteiger partial charge is 0.261 e. The number of nitrogens with two attached hydrogens (primary N) is 1. The van der Waals surface area contributed by atoms with E-state index in [-0.39, 0.29) is 16.4 Å². The van der Waals surface area contributed by atoms with Gasteiger partial charge in [0.2, 0.25) is 0 Å². The number of rotatable bonds is 10. The Bertz CT molecular complexity index is 1690. The van der Waals surface area contributed by atoms with E-state index in [0.29, 0.717) is 29.0 Å². The Morgan fingerprint density at radius 2 is 1.71 bits per heavy atom. The van der Waals surface area contributed by atoms with Crippen molar-refractivity contribution in [2.75, 3.05) is 17.0 Å². The zero-order valence-electron chi connectivity index (χ0n) is 22.9. The van der Waals surface area contributed by atoms with Crippen LogP contribution in [-0.4, -0.2) is 25.9 Å². The van der Waals surface area contributed by atoms with Crippen molar-refractivity contribution in [2.45, 2.75) is 50.3 Å². The largest absolute Gasteiger partial charge is 0.399 e. The van der Waals surface area contributed by atoms with Crippen LogP contribution in [0.3, 0.4) is 0 Å². The third-order valence-corrected chi connectivity index (χ3v) is 8.68. The fraction of sp³-hybridized carbons (Fsp3) is 0.250. The molecule has 0 saturated heterocycles. The summed E-state index contributed by atoms with van der Waals surface area (Å²) in [6, 6.07) is 17.8. The van der Waals surface area contributed by atoms with Gasteiger partial charge in [0.05, 0.1) is 4.90 Å². The Balaban J connectivity index is 1.48. The Morgan fingerprint density at radius 3 is 2.46 bits per heavy atom. The molecule has 1 aliphatic rings. The Labute approximate surface area is 240 Å². The first-order chi connectivity index (χ1) is 19.7. The number of nitrogens with zero attached hydrogens (tertiary/aromatic N) is 1. The van der Waals surface area contributed by atoms with Crippen molar-refractivity contribution in [3.05, 3.63) is 95.6 Å². The summed E-state index contributed by atoms with van der Waals surface area (Å²) in [4.78, 5) is 16.8. The lowest BCUT2D eigenvalue weighted by Gasteiger charge is -2.18. The van der Waals surface area contributed by atoms with Crippen molar-refractivity contribution in [1.29, 1.82) is 0 Å². The van der Waals surface area contributed by atoms with E-state index in [1.807, 2.05) is 24.3 Å². The van der Waals surface area contributed by atoms with E-state index >= 15 is 4.39 Å². The van der Waals surface area contributed by atoms with E-state index in [1.165, 1.54) is 12.1 Å². The molecule has 0 unspecified atom stereocenters. The second kappa shape index (κ2) is 12.1. The van der Waals surface area contributed by atoms with E-state index in [9.17, 15) is 13.2 Å². The number of aryl methyl sites for hydroxylation is 1. The summed E-state index contributed by atoms with van der Waals surface area (Å²) in [5.41, 5.74) is 11.7. The minimum absolute atomic E-state index is 0.0764. The van der Waals surface area contributed by atoms with Crippen molar-refractivity contribution in [3.8, 4) is 22.3 Å². The molecule has 0 spiro atoms. The van der Waals surface area contributed by atoms with Crippen LogP contribution in [0.5, 0.6) is 0 Å². The first kappa shape index (κ1) is 28.3. The van der Waals surface area contributed by atoms with Crippen LogP contribution in [0.25, 0.3) is 22.3 Å². The number of anilines is 2. The summed E-state index contributed by atoms with van der Waals surface area (Å²) in [5.74, 6) is -0.747. The molecule has 41 heavy (non-hydrogen) atoms. The first-order valence-corrected chi connectivity index (χ1v) is 15.3. The van der Waals surface area contributed by atoms with Gasteiger partial charge in [0, 0.05) is 52.1 Å². The Morgan fingerprint density at radius 1 is 0.927 bits per heavy atom. The highest BCUT2D eigenvalue weighted by atomic mass is 32.2. The zero-order valence-corrected chi connectivity index (χ0v) is 23.7. The lowest BCUT2D eigenvalue weighted by molar-refractivity contribution is 0.0946. The van der Waals surface area contributed by atoms with Gasteiger partial charge in [-0.25, -0.2) is 12.8 Å². The van der Waals surface area contributed by atoms with Crippen molar-refractivity contribution in [3.63, 3.8) is 0 Å². The number of carbonyl (C=O) groups excluding carboxylic acids is 1. The van der Waals surface area contributed by atoms with Crippen LogP contribution < -0.4 is 15.8 Å². The van der Waals surface area contributed by atoms with Crippen LogP contribution in [-0.2, 0) is 22.9 Å². The van der Waals surface area contributed by atoms with Gasteiger partial charge in [-0.1, -0.05) is 44.4 Å². The van der Waals surface area contributed by atoms with Crippen LogP contribution in [0.2, 0.25) is 0 Å². The van der Waals surface area contributed by atoms with Crippen molar-refractivity contribution < 1.29 is 17.6 Å². The van der Waals surface area contributed by atoms with Gasteiger partial charge in [0.15, 0.2) is 0 Å². The first-order valence-electron chi connectivity index (χ1n) is 13.8. The molecule has 0 aliphatic carbocycles. The average Bonchev–Trinajstić information content (AvgIpc) is 2.96. The molecule has 4 N–H and O–H groups in total. The van der Waals surface area contributed by atoms with E-state index in [1.54, 1.807) is 30.5 Å². The third-order valence-electron chi connectivity index (χ3n) is 7.30. The molecule has 1 aliphatic heterocycles. The van der Waals surface area contributed by atoms with E-state index < -0.39 is 15.8 Å². The number of nitrogen functional groups attached to an aromatic ring is 1. The molecule has 1 aromatic heterocycles. The number of aromatic nitrogens is 1. The molecule has 7 nitrogen and oxygen atoms in total. The number of carbonyl (C=O) groups is 1. The normalized spacial score (nSPS) is 13.0. The predicted molar refractivity (Wildman–Crippen MR) is 161 cm³/mol. The summed E-state index contributed by atoms with van der Waals surface area (Å²) >= 11 is 0. The maximum atomic E-state index is 15.5. The van der Waals surface area contributed by atoms with E-state index in [4.69, 9.17) is 10.7 Å². The lowest BCUT2D eigenvalue weighted by atomic mass is 9.92. The fourth-order valence-electron chi connectivity index (χ4n) is 5.07. The highest BCUT2D eigenvalue weighted by Gasteiger charge is 2.20. The number of halogens is 1. The summed E-state index contributed by atoms with van der Waals surface area (Å²) in [6.07, 6.45) is 7.53. The molecule has 3 aromatic carbocycles. The molecular weight excluding hydrogens is 539 g/mol. The molecule has 2 heterocycles. The predicted octanol–water partition coefficient (Wildman–Crippen LogP) is 6.35. The van der Waals surface area contributed by atoms with Gasteiger partial charge in [-0.05, 0) is 78.9 Å². The fourth-order valence-corrected chi connectivity index (χ4v) is 6.14. The van der Waals surface area contributed by atoms with Crippen LogP contribution in [0.15, 0.2) is 77.8 Å². The van der Waals surface area contributed by atoms with Crippen LogP contribution in [0.1, 0.15) is 54.2 Å². The summed E-state index contributed by atoms with van der Waals surface area (Å²) in [6.45, 7) is 2.76. The second-order valence-corrected chi connectivity index (χ2v) is 12.0. The van der Waals surface area contributed by atoms with Gasteiger partial charge in [-0.15, -0.1) is 0 Å². The van der Waals surface area contributed by atoms with Gasteiger partial charge >= 0.3 is 0 Å². The summed E-state index contributed by atoms with van der Waals surface area (Å²) in [5, 5.41) is 2.87. The van der Waals surface area contributed by atoms with Gasteiger partial charge in [-0.2, -0.15) is 0 Å². The van der Waals surface area contributed by atoms with Crippen LogP contribution in [0, 0.1) is 5.82 Å². The Kier molecular flexibility index (Phi) is 8.35. The number of hydrogen-bond acceptors (Lipinski definition) is 5. The van der Waals surface area contributed by atoms with Gasteiger partial charge in [0.25, 0.3) is 15.9 Å². The molecule has 0 fully saturated rings. The van der Waals surface area contributed by atoms with Crippen molar-refractivity contribution in [1.82, 2.24) is 10.3 Å². The number of amides is 1. The maximum absolute atomic E-state index is 15.5. The molecule has 4 aromatic rings. The zero-order chi connectivity index (χ0) is 29.0. The topological polar surface area (TPSA) is 114 Å². The monoisotopic (exact) mass is 572 g/mol. The number of sulfonamides is 1. The van der Waals surface area contributed by atoms with Crippen molar-refractivity contribution >= 4 is 27.3 Å². The van der Waals surface area contributed by atoms with E-state index in [0.717, 1.165) is 67.0 Å². The number of fused-ring (bicyclic) bond motifs is 1. The molecular formula is C32H33FN4O3S. The molecule has 0 atom stereocenters. The summed E-state index contributed by atoms with van der Waals surface area (Å²) < 4.78 is 43.7. The van der Waals surface area contributed by atoms with Crippen molar-refractivity contribution in [2.24, 2.45) is 0 Å². The SMILES string of the molecule is CCCCCCc1ncc(-c2ccc(S(=O)(=O)Nc3ccc(N)cc3)cc2F)cc1-c1ccc2c(c1)CCNC2=O. The number of benzene rings is 3. The summed E-state index contributed by atoms with van der Waals surface area (Å²) in [7, 11) is -4.01. The quantitative estimate of drug-likeness (QED) is 0.151. The molecule has 0 saturated carbocycles. The Hall–Kier alpha value is -4.24. The average molecular weight is 573 g/mol. The molecule has 0 radical (unpaired) electrons. The van der Waals surface area contributed by atoms with Gasteiger partial charge in [0.1, 0.15) is 5.82 Å². The number of hydrogen-bond donors (Lipinski definition) is 3. The number of unbranched alkanes of at least 4 members (excludes halogenated alkanes) is 3. The minimum atomic E-state index is -4.01. The highest BCUT2D eigenvalue weighted by Crippen LogP contribution is 2.33. The second-order valence-electron chi connectivity index (χ2n) is 10.3. The highest BCUT2D eigenvalue weighted by molar-refractivity contribution is 7.92. The third kappa shape index (κ3) is 6.41. The molecule has 212 valence electrons. The molecule has 9 heteroatoms. The van der Waals surface area contributed by atoms with Crippen LogP contribution in [0.4, 0.5) is 15.8 Å². The van der Waals surface area contributed by atoms with Gasteiger partial charge in [-0.3, -0.25) is 14.5 Å². The molecule has 1 amide bonds. The number of nitrogens with one attached hydrogen (secondary N) is 2.